The lowest BCUT2D eigenvalue weighted by Gasteiger charge is -2.13. The van der Waals surface area contributed by atoms with Crippen molar-refractivity contribution in [2.45, 2.75) is 26.7 Å². The van der Waals surface area contributed by atoms with Gasteiger partial charge in [-0.2, -0.15) is 0 Å². The van der Waals surface area contributed by atoms with E-state index in [1.54, 1.807) is 6.08 Å². The van der Waals surface area contributed by atoms with Gasteiger partial charge in [-0.15, -0.1) is 0 Å². The fraction of sp³-hybridized carbons (Fsp3) is 0.273. The first-order valence-electron chi connectivity index (χ1n) is 8.99. The quantitative estimate of drug-likeness (QED) is 0.643. The number of aryl methyl sites for hydroxylation is 1. The van der Waals surface area contributed by atoms with Crippen LogP contribution < -0.4 is 4.74 Å². The highest BCUT2D eigenvalue weighted by Gasteiger charge is 2.34. The molecule has 0 spiro atoms. The number of benzene rings is 2. The van der Waals surface area contributed by atoms with Gasteiger partial charge in [0, 0.05) is 0 Å². The van der Waals surface area contributed by atoms with Crippen LogP contribution in [0.2, 0.25) is 0 Å². The molecule has 27 heavy (non-hydrogen) atoms. The van der Waals surface area contributed by atoms with Gasteiger partial charge in [0.15, 0.2) is 0 Å². The van der Waals surface area contributed by atoms with E-state index in [-0.39, 0.29) is 24.3 Å². The van der Waals surface area contributed by atoms with Crippen LogP contribution in [0.1, 0.15) is 36.5 Å². The minimum absolute atomic E-state index is 0.238. The lowest BCUT2D eigenvalue weighted by Crippen LogP contribution is -2.32. The van der Waals surface area contributed by atoms with Crippen LogP contribution in [-0.4, -0.2) is 29.2 Å². The summed E-state index contributed by atoms with van der Waals surface area (Å²) >= 11 is 0.979. The Hall–Kier alpha value is -2.53. The predicted octanol–water partition coefficient (Wildman–Crippen LogP) is 5.23. The monoisotopic (exact) mass is 381 g/mol. The Bertz CT molecular complexity index is 871. The summed E-state index contributed by atoms with van der Waals surface area (Å²) in [6, 6.07) is 15.7. The summed E-state index contributed by atoms with van der Waals surface area (Å²) in [5, 5.41) is -0.252. The number of ether oxygens (including phenoxy) is 1. The SMILES string of the molecule is Cc1cccc(OCCN2C(=O)S/C(=C\c3ccc(C(C)C)cc3)C2=O)c1. The Kier molecular flexibility index (Phi) is 6.01. The molecule has 0 N–H and O–H groups in total. The molecule has 0 radical (unpaired) electrons. The van der Waals surface area contributed by atoms with Crippen molar-refractivity contribution in [2.75, 3.05) is 13.2 Å². The molecule has 140 valence electrons. The molecule has 0 aromatic heterocycles. The van der Waals surface area contributed by atoms with Gasteiger partial charge in [0.05, 0.1) is 11.4 Å². The number of hydrogen-bond acceptors (Lipinski definition) is 4. The zero-order chi connectivity index (χ0) is 19.4. The first-order chi connectivity index (χ1) is 12.9. The maximum atomic E-state index is 12.6. The largest absolute Gasteiger partial charge is 0.492 e. The third-order valence-corrected chi connectivity index (χ3v) is 5.26. The third-order valence-electron chi connectivity index (χ3n) is 4.35. The minimum Gasteiger partial charge on any atom is -0.492 e. The molecule has 0 unspecified atom stereocenters. The van der Waals surface area contributed by atoms with Gasteiger partial charge in [-0.3, -0.25) is 14.5 Å². The van der Waals surface area contributed by atoms with Gasteiger partial charge in [0.25, 0.3) is 11.1 Å². The van der Waals surface area contributed by atoms with Crippen molar-refractivity contribution >= 4 is 29.0 Å². The van der Waals surface area contributed by atoms with E-state index < -0.39 is 0 Å². The van der Waals surface area contributed by atoms with E-state index >= 15 is 0 Å². The molecule has 4 nitrogen and oxygen atoms in total. The Morgan fingerprint density at radius 1 is 1.11 bits per heavy atom. The summed E-state index contributed by atoms with van der Waals surface area (Å²) in [6.07, 6.45) is 1.77. The number of carbonyl (C=O) groups excluding carboxylic acids is 2. The number of amides is 2. The fourth-order valence-electron chi connectivity index (χ4n) is 2.78. The maximum absolute atomic E-state index is 12.6. The van der Waals surface area contributed by atoms with Crippen molar-refractivity contribution in [3.63, 3.8) is 0 Å². The summed E-state index contributed by atoms with van der Waals surface area (Å²) in [4.78, 5) is 26.4. The van der Waals surface area contributed by atoms with Gasteiger partial charge >= 0.3 is 0 Å². The molecule has 0 atom stereocenters. The molecule has 2 amide bonds. The smallest absolute Gasteiger partial charge is 0.293 e. The topological polar surface area (TPSA) is 46.6 Å². The molecular weight excluding hydrogens is 358 g/mol. The van der Waals surface area contributed by atoms with E-state index in [1.165, 1.54) is 10.5 Å². The van der Waals surface area contributed by atoms with Gasteiger partial charge in [0.2, 0.25) is 0 Å². The Balaban J connectivity index is 1.62. The van der Waals surface area contributed by atoms with Crippen molar-refractivity contribution in [1.29, 1.82) is 0 Å². The van der Waals surface area contributed by atoms with E-state index in [2.05, 4.69) is 26.0 Å². The first kappa shape index (κ1) is 19.2. The van der Waals surface area contributed by atoms with E-state index in [0.29, 0.717) is 10.8 Å². The van der Waals surface area contributed by atoms with Gasteiger partial charge in [-0.05, 0) is 59.5 Å². The third kappa shape index (κ3) is 4.80. The number of thioether (sulfide) groups is 1. The van der Waals surface area contributed by atoms with Crippen molar-refractivity contribution in [2.24, 2.45) is 0 Å². The zero-order valence-corrected chi connectivity index (χ0v) is 16.6. The van der Waals surface area contributed by atoms with Crippen LogP contribution in [0.25, 0.3) is 6.08 Å². The van der Waals surface area contributed by atoms with Crippen molar-refractivity contribution in [3.05, 3.63) is 70.1 Å². The van der Waals surface area contributed by atoms with E-state index in [9.17, 15) is 9.59 Å². The summed E-state index contributed by atoms with van der Waals surface area (Å²) in [6.45, 7) is 6.78. The van der Waals surface area contributed by atoms with Crippen molar-refractivity contribution in [1.82, 2.24) is 4.90 Å². The molecule has 0 bridgehead atoms. The number of imide groups is 1. The van der Waals surface area contributed by atoms with Crippen molar-refractivity contribution in [3.8, 4) is 5.75 Å². The van der Waals surface area contributed by atoms with Crippen LogP contribution in [0.15, 0.2) is 53.4 Å². The average molecular weight is 381 g/mol. The van der Waals surface area contributed by atoms with Gasteiger partial charge in [-0.25, -0.2) is 0 Å². The Labute approximate surface area is 164 Å². The molecule has 3 rings (SSSR count). The second-order valence-electron chi connectivity index (χ2n) is 6.82. The van der Waals surface area contributed by atoms with Gasteiger partial charge in [-0.1, -0.05) is 50.2 Å². The second-order valence-corrected chi connectivity index (χ2v) is 7.81. The average Bonchev–Trinajstić information content (AvgIpc) is 2.89. The van der Waals surface area contributed by atoms with Crippen molar-refractivity contribution < 1.29 is 14.3 Å². The van der Waals surface area contributed by atoms with Crippen LogP contribution in [0.3, 0.4) is 0 Å². The summed E-state index contributed by atoms with van der Waals surface area (Å²) in [7, 11) is 0. The predicted molar refractivity (Wildman–Crippen MR) is 110 cm³/mol. The zero-order valence-electron chi connectivity index (χ0n) is 15.8. The Morgan fingerprint density at radius 2 is 1.85 bits per heavy atom. The molecule has 1 aliphatic rings. The summed E-state index contributed by atoms with van der Waals surface area (Å²) in [5.41, 5.74) is 3.26. The van der Waals surface area contributed by atoms with Crippen LogP contribution in [-0.2, 0) is 4.79 Å². The number of hydrogen-bond donors (Lipinski definition) is 0. The molecule has 1 aliphatic heterocycles. The van der Waals surface area contributed by atoms with E-state index in [1.807, 2.05) is 43.3 Å². The number of rotatable bonds is 6. The van der Waals surface area contributed by atoms with Gasteiger partial charge in [0.1, 0.15) is 12.4 Å². The minimum atomic E-state index is -0.259. The second kappa shape index (κ2) is 8.44. The molecule has 1 saturated heterocycles. The summed E-state index contributed by atoms with van der Waals surface area (Å²) in [5.74, 6) is 0.938. The highest BCUT2D eigenvalue weighted by Crippen LogP contribution is 2.32. The standard InChI is InChI=1S/C22H23NO3S/c1-15(2)18-9-7-17(8-10-18)14-20-21(24)23(22(25)27-20)11-12-26-19-6-4-5-16(3)13-19/h4-10,13-15H,11-12H2,1-3H3/b20-14-. The fourth-order valence-corrected chi connectivity index (χ4v) is 3.65. The van der Waals surface area contributed by atoms with E-state index in [4.69, 9.17) is 4.74 Å². The normalized spacial score (nSPS) is 15.9. The highest BCUT2D eigenvalue weighted by molar-refractivity contribution is 8.18. The Morgan fingerprint density at radius 3 is 2.52 bits per heavy atom. The first-order valence-corrected chi connectivity index (χ1v) is 9.80. The molecule has 0 saturated carbocycles. The molecule has 1 fully saturated rings. The number of nitrogens with zero attached hydrogens (tertiary/aromatic N) is 1. The van der Waals surface area contributed by atoms with Crippen LogP contribution in [0.5, 0.6) is 5.75 Å². The lowest BCUT2D eigenvalue weighted by atomic mass is 10.0. The summed E-state index contributed by atoms with van der Waals surface area (Å²) < 4.78 is 5.66. The van der Waals surface area contributed by atoms with Crippen LogP contribution in [0, 0.1) is 6.92 Å². The lowest BCUT2D eigenvalue weighted by molar-refractivity contribution is -0.123. The van der Waals surface area contributed by atoms with Crippen LogP contribution >= 0.6 is 11.8 Å². The van der Waals surface area contributed by atoms with Crippen LogP contribution in [0.4, 0.5) is 4.79 Å². The van der Waals surface area contributed by atoms with Gasteiger partial charge < -0.3 is 4.74 Å². The molecule has 0 aliphatic carbocycles. The number of carbonyl (C=O) groups is 2. The molecule has 5 heteroatoms. The maximum Gasteiger partial charge on any atom is 0.293 e. The molecular formula is C22H23NO3S. The molecule has 2 aromatic carbocycles. The molecule has 1 heterocycles. The molecule has 2 aromatic rings. The van der Waals surface area contributed by atoms with E-state index in [0.717, 1.165) is 28.6 Å². The highest BCUT2D eigenvalue weighted by atomic mass is 32.2.